The van der Waals surface area contributed by atoms with Crippen LogP contribution in [0, 0.1) is 0 Å². The molecule has 1 aliphatic heterocycles. The Balaban J connectivity index is 2.31. The second-order valence-electron chi connectivity index (χ2n) is 2.70. The maximum Gasteiger partial charge on any atom is 0.171 e. The third kappa shape index (κ3) is 2.09. The molecule has 10 heavy (non-hydrogen) atoms. The number of hydrogen-bond donors (Lipinski definition) is 1. The summed E-state index contributed by atoms with van der Waals surface area (Å²) in [5.74, 6) is 0.316. The van der Waals surface area contributed by atoms with Crippen LogP contribution in [0.25, 0.3) is 0 Å². The first-order chi connectivity index (χ1) is 4.64. The topological polar surface area (TPSA) is 38.7 Å². The Bertz CT molecular complexity index is 106. The van der Waals surface area contributed by atoms with Crippen molar-refractivity contribution < 1.29 is 14.6 Å². The van der Waals surface area contributed by atoms with Gasteiger partial charge in [-0.05, 0) is 6.92 Å². The zero-order valence-corrected chi connectivity index (χ0v) is 6.60. The Labute approximate surface area is 64.9 Å². The van der Waals surface area contributed by atoms with E-state index in [1.807, 2.05) is 0 Å². The summed E-state index contributed by atoms with van der Waals surface area (Å²) in [5.41, 5.74) is -0.845. The second kappa shape index (κ2) is 3.05. The third-order valence-electron chi connectivity index (χ3n) is 1.29. The van der Waals surface area contributed by atoms with Gasteiger partial charge in [-0.1, -0.05) is 0 Å². The average Bonchev–Trinajstić information content (AvgIpc) is 1.88. The average molecular weight is 167 g/mol. The van der Waals surface area contributed by atoms with E-state index in [1.165, 1.54) is 0 Å². The maximum absolute atomic E-state index is 9.29. The minimum Gasteiger partial charge on any atom is -0.385 e. The Morgan fingerprint density at radius 1 is 1.60 bits per heavy atom. The molecule has 0 aromatic carbocycles. The van der Waals surface area contributed by atoms with E-state index in [9.17, 15) is 5.11 Å². The van der Waals surface area contributed by atoms with Crippen molar-refractivity contribution in [3.05, 3.63) is 0 Å². The molecule has 1 heterocycles. The third-order valence-corrected chi connectivity index (χ3v) is 1.54. The van der Waals surface area contributed by atoms with Crippen LogP contribution in [0.15, 0.2) is 0 Å². The van der Waals surface area contributed by atoms with Crippen molar-refractivity contribution in [2.24, 2.45) is 0 Å². The van der Waals surface area contributed by atoms with Crippen LogP contribution in [0.2, 0.25) is 0 Å². The van der Waals surface area contributed by atoms with Gasteiger partial charge < -0.3 is 14.6 Å². The molecule has 0 bridgehead atoms. The molecule has 0 atom stereocenters. The van der Waals surface area contributed by atoms with Gasteiger partial charge in [-0.3, -0.25) is 0 Å². The number of alkyl halides is 1. The van der Waals surface area contributed by atoms with E-state index in [0.29, 0.717) is 19.1 Å². The van der Waals surface area contributed by atoms with Gasteiger partial charge in [0.2, 0.25) is 0 Å². The lowest BCUT2D eigenvalue weighted by Gasteiger charge is -2.32. The molecule has 60 valence electrons. The minimum atomic E-state index is -0.845. The lowest BCUT2D eigenvalue weighted by atomic mass is 10.1. The number of aliphatic hydroxyl groups is 1. The Morgan fingerprint density at radius 2 is 2.10 bits per heavy atom. The van der Waals surface area contributed by atoms with Crippen LogP contribution >= 0.6 is 11.6 Å². The van der Waals surface area contributed by atoms with Crippen LogP contribution in [0.5, 0.6) is 0 Å². The highest BCUT2D eigenvalue weighted by molar-refractivity contribution is 6.18. The molecule has 0 aromatic heterocycles. The van der Waals surface area contributed by atoms with Crippen LogP contribution in [0.4, 0.5) is 0 Å². The molecule has 0 saturated carbocycles. The molecule has 0 aliphatic carbocycles. The van der Waals surface area contributed by atoms with E-state index in [0.717, 1.165) is 0 Å². The van der Waals surface area contributed by atoms with Crippen molar-refractivity contribution in [3.63, 3.8) is 0 Å². The van der Waals surface area contributed by atoms with Gasteiger partial charge in [0.05, 0.1) is 19.1 Å². The highest BCUT2D eigenvalue weighted by atomic mass is 35.5. The van der Waals surface area contributed by atoms with Gasteiger partial charge in [0.1, 0.15) is 5.60 Å². The molecule has 0 amide bonds. The highest BCUT2D eigenvalue weighted by Crippen LogP contribution is 2.15. The predicted octanol–water partition coefficient (Wildman–Crippen LogP) is 0.349. The molecule has 1 N–H and O–H groups in total. The lowest BCUT2D eigenvalue weighted by Crippen LogP contribution is -2.45. The molecule has 3 nitrogen and oxygen atoms in total. The summed E-state index contributed by atoms with van der Waals surface area (Å²) in [6.07, 6.45) is -0.345. The molecule has 0 radical (unpaired) electrons. The summed E-state index contributed by atoms with van der Waals surface area (Å²) in [6.45, 7) is 2.26. The Morgan fingerprint density at radius 3 is 2.50 bits per heavy atom. The Hall–Kier alpha value is 0.170. The molecule has 0 aromatic rings. The molecule has 1 fully saturated rings. The van der Waals surface area contributed by atoms with Crippen molar-refractivity contribution in [3.8, 4) is 0 Å². The van der Waals surface area contributed by atoms with Crippen molar-refractivity contribution in [1.29, 1.82) is 0 Å². The SMILES string of the molecule is C[C@]1(O)CO[C@@H](CCl)OC1. The van der Waals surface area contributed by atoms with E-state index in [2.05, 4.69) is 0 Å². The van der Waals surface area contributed by atoms with Crippen LogP contribution in [-0.2, 0) is 9.47 Å². The molecule has 0 spiro atoms. The van der Waals surface area contributed by atoms with Crippen LogP contribution < -0.4 is 0 Å². The van der Waals surface area contributed by atoms with Gasteiger partial charge in [-0.25, -0.2) is 0 Å². The van der Waals surface area contributed by atoms with Gasteiger partial charge in [0, 0.05) is 0 Å². The molecular weight excluding hydrogens is 156 g/mol. The molecule has 1 saturated heterocycles. The Kier molecular flexibility index (Phi) is 2.52. The van der Waals surface area contributed by atoms with Crippen LogP contribution in [0.1, 0.15) is 6.92 Å². The lowest BCUT2D eigenvalue weighted by molar-refractivity contribution is -0.237. The first-order valence-corrected chi connectivity index (χ1v) is 3.69. The van der Waals surface area contributed by atoms with Gasteiger partial charge in [0.15, 0.2) is 6.29 Å². The van der Waals surface area contributed by atoms with Gasteiger partial charge in [-0.2, -0.15) is 0 Å². The molecule has 0 unspecified atom stereocenters. The zero-order valence-electron chi connectivity index (χ0n) is 5.84. The van der Waals surface area contributed by atoms with Gasteiger partial charge in [0.25, 0.3) is 0 Å². The largest absolute Gasteiger partial charge is 0.385 e. The normalized spacial score (nSPS) is 41.7. The number of hydrogen-bond acceptors (Lipinski definition) is 3. The molecule has 1 rings (SSSR count). The zero-order chi connectivity index (χ0) is 7.61. The van der Waals surface area contributed by atoms with Crippen molar-refractivity contribution >= 4 is 11.6 Å². The van der Waals surface area contributed by atoms with Crippen molar-refractivity contribution in [2.45, 2.75) is 18.8 Å². The fourth-order valence-electron chi connectivity index (χ4n) is 0.724. The summed E-state index contributed by atoms with van der Waals surface area (Å²) in [6, 6.07) is 0. The summed E-state index contributed by atoms with van der Waals surface area (Å²) in [4.78, 5) is 0. The van der Waals surface area contributed by atoms with Crippen molar-refractivity contribution in [1.82, 2.24) is 0 Å². The summed E-state index contributed by atoms with van der Waals surface area (Å²) in [7, 11) is 0. The number of halogens is 1. The number of ether oxygens (including phenoxy) is 2. The fraction of sp³-hybridized carbons (Fsp3) is 1.00. The predicted molar refractivity (Wildman–Crippen MR) is 37.0 cm³/mol. The summed E-state index contributed by atoms with van der Waals surface area (Å²) >= 11 is 5.44. The van der Waals surface area contributed by atoms with Crippen LogP contribution in [-0.4, -0.2) is 36.1 Å². The summed E-state index contributed by atoms with van der Waals surface area (Å²) in [5, 5.41) is 9.29. The maximum atomic E-state index is 9.29. The first-order valence-electron chi connectivity index (χ1n) is 3.15. The summed E-state index contributed by atoms with van der Waals surface area (Å²) < 4.78 is 10.1. The van der Waals surface area contributed by atoms with Crippen LogP contribution in [0.3, 0.4) is 0 Å². The number of rotatable bonds is 1. The molecular formula is C6H11ClO3. The minimum absolute atomic E-state index is 0.296. The second-order valence-corrected chi connectivity index (χ2v) is 3.01. The quantitative estimate of drug-likeness (QED) is 0.572. The standard InChI is InChI=1S/C6H11ClO3/c1-6(8)3-9-5(2-7)10-4-6/h5,8H,2-4H2,1H3/t5-,6+. The van der Waals surface area contributed by atoms with E-state index in [4.69, 9.17) is 21.1 Å². The molecule has 1 aliphatic rings. The first kappa shape index (κ1) is 8.27. The van der Waals surface area contributed by atoms with Gasteiger partial charge >= 0.3 is 0 Å². The van der Waals surface area contributed by atoms with Gasteiger partial charge in [-0.15, -0.1) is 11.6 Å². The van der Waals surface area contributed by atoms with E-state index >= 15 is 0 Å². The van der Waals surface area contributed by atoms with E-state index < -0.39 is 5.60 Å². The fourth-order valence-corrected chi connectivity index (χ4v) is 0.902. The van der Waals surface area contributed by atoms with Crippen molar-refractivity contribution in [2.75, 3.05) is 19.1 Å². The highest BCUT2D eigenvalue weighted by Gasteiger charge is 2.29. The van der Waals surface area contributed by atoms with E-state index in [1.54, 1.807) is 6.92 Å². The monoisotopic (exact) mass is 166 g/mol. The molecule has 4 heteroatoms. The smallest absolute Gasteiger partial charge is 0.171 e. The van der Waals surface area contributed by atoms with E-state index in [-0.39, 0.29) is 6.29 Å².